The molecule has 144 valence electrons. The maximum Gasteiger partial charge on any atom is 0.222 e. The Morgan fingerprint density at radius 3 is 2.81 bits per heavy atom. The number of likely N-dealkylation sites (tertiary alicyclic amines) is 1. The molecule has 5 heteroatoms. The molecule has 5 nitrogen and oxygen atoms in total. The van der Waals surface area contributed by atoms with Gasteiger partial charge in [0.25, 0.3) is 0 Å². The molecule has 1 saturated heterocycles. The van der Waals surface area contributed by atoms with Gasteiger partial charge in [-0.2, -0.15) is 0 Å². The van der Waals surface area contributed by atoms with Crippen LogP contribution in [-0.4, -0.2) is 49.0 Å². The number of guanidine groups is 1. The van der Waals surface area contributed by atoms with Crippen molar-refractivity contribution in [1.82, 2.24) is 15.5 Å². The first-order valence-electron chi connectivity index (χ1n) is 10.0. The van der Waals surface area contributed by atoms with Crippen molar-refractivity contribution < 1.29 is 4.79 Å². The van der Waals surface area contributed by atoms with Crippen LogP contribution in [0.5, 0.6) is 0 Å². The maximum absolute atomic E-state index is 11.9. The fraction of sp³-hybridized carbons (Fsp3) is 0.455. The van der Waals surface area contributed by atoms with E-state index in [0.717, 1.165) is 45.0 Å². The van der Waals surface area contributed by atoms with E-state index in [4.69, 9.17) is 4.99 Å². The van der Waals surface area contributed by atoms with E-state index in [1.165, 1.54) is 16.3 Å². The molecular formula is C22H30N4O. The molecule has 0 spiro atoms. The molecule has 0 bridgehead atoms. The molecule has 1 fully saturated rings. The monoisotopic (exact) mass is 366 g/mol. The third kappa shape index (κ3) is 5.00. The summed E-state index contributed by atoms with van der Waals surface area (Å²) in [6.07, 6.45) is 2.45. The summed E-state index contributed by atoms with van der Waals surface area (Å²) in [4.78, 5) is 18.6. The molecule has 0 aliphatic carbocycles. The average Bonchev–Trinajstić information content (AvgIpc) is 3.16. The van der Waals surface area contributed by atoms with Gasteiger partial charge in [-0.05, 0) is 36.1 Å². The Hall–Kier alpha value is -2.56. The van der Waals surface area contributed by atoms with Crippen LogP contribution in [-0.2, 0) is 11.2 Å². The number of aliphatic imine (C=N–C) groups is 1. The van der Waals surface area contributed by atoms with Gasteiger partial charge < -0.3 is 15.5 Å². The van der Waals surface area contributed by atoms with Crippen molar-refractivity contribution >= 4 is 22.6 Å². The third-order valence-electron chi connectivity index (χ3n) is 5.06. The number of rotatable bonds is 6. The number of benzene rings is 2. The number of hydrogen-bond acceptors (Lipinski definition) is 2. The number of carbonyl (C=O) groups is 1. The van der Waals surface area contributed by atoms with Crippen LogP contribution in [0.1, 0.15) is 32.3 Å². The summed E-state index contributed by atoms with van der Waals surface area (Å²) < 4.78 is 0. The molecule has 3 rings (SSSR count). The highest BCUT2D eigenvalue weighted by atomic mass is 16.2. The van der Waals surface area contributed by atoms with Gasteiger partial charge in [0.05, 0.1) is 0 Å². The highest BCUT2D eigenvalue weighted by molar-refractivity contribution is 5.85. The van der Waals surface area contributed by atoms with Crippen LogP contribution in [0.4, 0.5) is 0 Å². The van der Waals surface area contributed by atoms with E-state index in [0.29, 0.717) is 6.42 Å². The van der Waals surface area contributed by atoms with Crippen LogP contribution in [0.25, 0.3) is 10.8 Å². The summed E-state index contributed by atoms with van der Waals surface area (Å²) in [5.74, 6) is 1.07. The Bertz CT molecular complexity index is 797. The lowest BCUT2D eigenvalue weighted by Gasteiger charge is -2.18. The fourth-order valence-electron chi connectivity index (χ4n) is 3.64. The van der Waals surface area contributed by atoms with Gasteiger partial charge in [0, 0.05) is 38.6 Å². The van der Waals surface area contributed by atoms with E-state index in [2.05, 4.69) is 60.0 Å². The van der Waals surface area contributed by atoms with Crippen LogP contribution < -0.4 is 10.6 Å². The SMILES string of the molecule is CCNC(=NCCc1cccc2ccccc12)NC1CCN(C(=O)CC)C1. The molecule has 2 aromatic carbocycles. The van der Waals surface area contributed by atoms with Gasteiger partial charge in [-0.25, -0.2) is 0 Å². The zero-order valence-corrected chi connectivity index (χ0v) is 16.4. The first-order valence-corrected chi connectivity index (χ1v) is 10.0. The number of carbonyl (C=O) groups excluding carboxylic acids is 1. The number of hydrogen-bond donors (Lipinski definition) is 2. The summed E-state index contributed by atoms with van der Waals surface area (Å²) in [5.41, 5.74) is 1.33. The molecule has 1 heterocycles. The molecule has 27 heavy (non-hydrogen) atoms. The first kappa shape index (κ1) is 19.2. The minimum absolute atomic E-state index is 0.234. The van der Waals surface area contributed by atoms with Gasteiger partial charge >= 0.3 is 0 Å². The van der Waals surface area contributed by atoms with Crippen molar-refractivity contribution in [2.75, 3.05) is 26.2 Å². The van der Waals surface area contributed by atoms with Crippen molar-refractivity contribution in [2.45, 2.75) is 39.2 Å². The van der Waals surface area contributed by atoms with E-state index >= 15 is 0 Å². The zero-order chi connectivity index (χ0) is 19.1. The second-order valence-corrected chi connectivity index (χ2v) is 6.97. The number of amides is 1. The predicted octanol–water partition coefficient (Wildman–Crippen LogP) is 2.95. The lowest BCUT2D eigenvalue weighted by molar-refractivity contribution is -0.129. The van der Waals surface area contributed by atoms with Gasteiger partial charge in [-0.15, -0.1) is 0 Å². The molecule has 1 atom stereocenters. The normalized spacial score (nSPS) is 17.3. The summed E-state index contributed by atoms with van der Waals surface area (Å²) in [6.45, 7) is 7.14. The van der Waals surface area contributed by atoms with Crippen LogP contribution >= 0.6 is 0 Å². The lowest BCUT2D eigenvalue weighted by atomic mass is 10.0. The molecule has 1 aliphatic rings. The van der Waals surface area contributed by atoms with E-state index in [9.17, 15) is 4.79 Å². The van der Waals surface area contributed by atoms with Crippen molar-refractivity contribution in [3.05, 3.63) is 48.0 Å². The Balaban J connectivity index is 1.60. The minimum Gasteiger partial charge on any atom is -0.357 e. The molecular weight excluding hydrogens is 336 g/mol. The minimum atomic E-state index is 0.234. The van der Waals surface area contributed by atoms with Crippen LogP contribution in [0.3, 0.4) is 0 Å². The molecule has 2 N–H and O–H groups in total. The molecule has 2 aromatic rings. The van der Waals surface area contributed by atoms with Gasteiger partial charge in [0.2, 0.25) is 5.91 Å². The maximum atomic E-state index is 11.9. The largest absolute Gasteiger partial charge is 0.357 e. The Morgan fingerprint density at radius 1 is 1.19 bits per heavy atom. The number of fused-ring (bicyclic) bond motifs is 1. The van der Waals surface area contributed by atoms with Crippen LogP contribution in [0.15, 0.2) is 47.5 Å². The van der Waals surface area contributed by atoms with Gasteiger partial charge in [0.1, 0.15) is 0 Å². The molecule has 1 aliphatic heterocycles. The summed E-state index contributed by atoms with van der Waals surface area (Å²) in [6, 6.07) is 15.2. The second-order valence-electron chi connectivity index (χ2n) is 6.97. The molecule has 0 saturated carbocycles. The Kier molecular flexibility index (Phi) is 6.69. The summed E-state index contributed by atoms with van der Waals surface area (Å²) >= 11 is 0. The molecule has 1 amide bonds. The predicted molar refractivity (Wildman–Crippen MR) is 112 cm³/mol. The van der Waals surface area contributed by atoms with Crippen LogP contribution in [0, 0.1) is 0 Å². The van der Waals surface area contributed by atoms with Gasteiger partial charge in [-0.3, -0.25) is 9.79 Å². The van der Waals surface area contributed by atoms with Gasteiger partial charge in [-0.1, -0.05) is 49.4 Å². The van der Waals surface area contributed by atoms with E-state index in [1.807, 2.05) is 11.8 Å². The van der Waals surface area contributed by atoms with E-state index < -0.39 is 0 Å². The van der Waals surface area contributed by atoms with E-state index in [1.54, 1.807) is 0 Å². The Morgan fingerprint density at radius 2 is 2.00 bits per heavy atom. The second kappa shape index (κ2) is 9.40. The third-order valence-corrected chi connectivity index (χ3v) is 5.06. The van der Waals surface area contributed by atoms with Crippen molar-refractivity contribution in [1.29, 1.82) is 0 Å². The van der Waals surface area contributed by atoms with Crippen molar-refractivity contribution in [3.63, 3.8) is 0 Å². The topological polar surface area (TPSA) is 56.7 Å². The average molecular weight is 367 g/mol. The van der Waals surface area contributed by atoms with Crippen LogP contribution in [0.2, 0.25) is 0 Å². The molecule has 0 aromatic heterocycles. The molecule has 1 unspecified atom stereocenters. The Labute approximate surface area is 161 Å². The van der Waals surface area contributed by atoms with Crippen molar-refractivity contribution in [2.24, 2.45) is 4.99 Å². The summed E-state index contributed by atoms with van der Waals surface area (Å²) in [7, 11) is 0. The smallest absolute Gasteiger partial charge is 0.222 e. The first-order chi connectivity index (χ1) is 13.2. The highest BCUT2D eigenvalue weighted by Gasteiger charge is 2.25. The lowest BCUT2D eigenvalue weighted by Crippen LogP contribution is -2.45. The fourth-order valence-corrected chi connectivity index (χ4v) is 3.64. The number of nitrogens with one attached hydrogen (secondary N) is 2. The quantitative estimate of drug-likeness (QED) is 0.610. The molecule has 0 radical (unpaired) electrons. The van der Waals surface area contributed by atoms with E-state index in [-0.39, 0.29) is 11.9 Å². The summed E-state index contributed by atoms with van der Waals surface area (Å²) in [5, 5.41) is 9.40. The standard InChI is InChI=1S/C22H30N4O/c1-3-21(27)26-15-13-19(16-26)25-22(23-4-2)24-14-12-18-10-7-9-17-8-5-6-11-20(17)18/h5-11,19H,3-4,12-16H2,1-2H3,(H2,23,24,25). The zero-order valence-electron chi connectivity index (χ0n) is 16.4. The number of nitrogens with zero attached hydrogens (tertiary/aromatic N) is 2. The van der Waals surface area contributed by atoms with Crippen molar-refractivity contribution in [3.8, 4) is 0 Å². The highest BCUT2D eigenvalue weighted by Crippen LogP contribution is 2.18. The van der Waals surface area contributed by atoms with Gasteiger partial charge in [0.15, 0.2) is 5.96 Å².